The molecule has 0 bridgehead atoms. The van der Waals surface area contributed by atoms with Crippen LogP contribution in [0.2, 0.25) is 0 Å². The first-order valence-electron chi connectivity index (χ1n) is 8.34. The second-order valence-corrected chi connectivity index (χ2v) is 5.57. The Kier molecular flexibility index (Phi) is 7.65. The van der Waals surface area contributed by atoms with Crippen LogP contribution < -0.4 is 0 Å². The fourth-order valence-electron chi connectivity index (χ4n) is 2.03. The number of carbonyl (C=O) groups excluding carboxylic acids is 4. The van der Waals surface area contributed by atoms with E-state index in [1.54, 1.807) is 42.5 Å². The van der Waals surface area contributed by atoms with Crippen LogP contribution in [0.5, 0.6) is 0 Å². The molecule has 0 saturated carbocycles. The normalized spacial score (nSPS) is 10.3. The summed E-state index contributed by atoms with van der Waals surface area (Å²) >= 11 is 0. The summed E-state index contributed by atoms with van der Waals surface area (Å²) in [5, 5.41) is 0. The molecule has 7 nitrogen and oxygen atoms in total. The molecule has 0 aliphatic heterocycles. The maximum atomic E-state index is 11.9. The molecule has 0 spiro atoms. The van der Waals surface area contributed by atoms with Gasteiger partial charge in [0.15, 0.2) is 0 Å². The van der Waals surface area contributed by atoms with E-state index in [9.17, 15) is 19.2 Å². The molecular formula is C21H18O7. The molecule has 28 heavy (non-hydrogen) atoms. The minimum atomic E-state index is -1.05. The van der Waals surface area contributed by atoms with Gasteiger partial charge in [-0.3, -0.25) is 9.59 Å². The molecular weight excluding hydrogens is 364 g/mol. The molecule has 0 radical (unpaired) electrons. The Bertz CT molecular complexity index is 867. The van der Waals surface area contributed by atoms with E-state index >= 15 is 0 Å². The first kappa shape index (κ1) is 20.6. The summed E-state index contributed by atoms with van der Waals surface area (Å²) in [6.07, 6.45) is 1.94. The molecule has 0 aliphatic rings. The highest BCUT2D eigenvalue weighted by molar-refractivity contribution is 6.41. The van der Waals surface area contributed by atoms with Crippen LogP contribution in [0.25, 0.3) is 0 Å². The van der Waals surface area contributed by atoms with Crippen molar-refractivity contribution < 1.29 is 33.4 Å². The topological polar surface area (TPSA) is 96.0 Å². The number of esters is 2. The van der Waals surface area contributed by atoms with Gasteiger partial charge in [-0.15, -0.1) is 0 Å². The smallest absolute Gasteiger partial charge is 0.384 e. The molecule has 0 atom stereocenters. The Morgan fingerprint density at radius 3 is 2.04 bits per heavy atom. The van der Waals surface area contributed by atoms with Gasteiger partial charge < -0.3 is 14.2 Å². The van der Waals surface area contributed by atoms with E-state index in [-0.39, 0.29) is 24.3 Å². The van der Waals surface area contributed by atoms with Gasteiger partial charge in [-0.2, -0.15) is 0 Å². The van der Waals surface area contributed by atoms with E-state index in [0.717, 1.165) is 18.1 Å². The summed E-state index contributed by atoms with van der Waals surface area (Å²) in [4.78, 5) is 46.8. The van der Waals surface area contributed by atoms with E-state index in [1.165, 1.54) is 12.1 Å². The Morgan fingerprint density at radius 2 is 1.36 bits per heavy atom. The third-order valence-corrected chi connectivity index (χ3v) is 3.48. The molecule has 7 heteroatoms. The van der Waals surface area contributed by atoms with Crippen molar-refractivity contribution >= 4 is 23.5 Å². The molecule has 0 fully saturated rings. The van der Waals surface area contributed by atoms with E-state index < -0.39 is 23.5 Å². The van der Waals surface area contributed by atoms with Crippen molar-refractivity contribution in [1.82, 2.24) is 0 Å². The highest BCUT2D eigenvalue weighted by atomic mass is 16.6. The van der Waals surface area contributed by atoms with Crippen LogP contribution in [0, 0.1) is 6.92 Å². The van der Waals surface area contributed by atoms with E-state index in [2.05, 4.69) is 4.74 Å². The van der Waals surface area contributed by atoms with Crippen molar-refractivity contribution in [3.8, 4) is 0 Å². The van der Waals surface area contributed by atoms with Crippen LogP contribution >= 0.6 is 0 Å². The molecule has 0 amide bonds. The monoisotopic (exact) mass is 382 g/mol. The zero-order valence-electron chi connectivity index (χ0n) is 15.1. The average molecular weight is 382 g/mol. The molecule has 144 valence electrons. The molecule has 2 rings (SSSR count). The lowest BCUT2D eigenvalue weighted by Crippen LogP contribution is -2.19. The number of carbonyl (C=O) groups is 4. The van der Waals surface area contributed by atoms with Crippen LogP contribution in [-0.2, 0) is 23.8 Å². The predicted molar refractivity (Wildman–Crippen MR) is 98.4 cm³/mol. The van der Waals surface area contributed by atoms with Gasteiger partial charge in [0.1, 0.15) is 25.7 Å². The number of ketones is 2. The van der Waals surface area contributed by atoms with Gasteiger partial charge in [0.25, 0.3) is 11.6 Å². The lowest BCUT2D eigenvalue weighted by Gasteiger charge is -2.04. The number of aryl methyl sites for hydroxylation is 1. The SMILES string of the molecule is Cc1ccc(C(=O)C(=O)OCCO/C=C\OC(=O)C(=O)c2ccccc2)cc1. The number of Topliss-reactive ketones (excluding diaryl/α,β-unsaturated/α-hetero) is 2. The number of ether oxygens (including phenoxy) is 3. The van der Waals surface area contributed by atoms with E-state index in [0.29, 0.717) is 0 Å². The Hall–Kier alpha value is -3.74. The van der Waals surface area contributed by atoms with Crippen LogP contribution in [0.15, 0.2) is 67.1 Å². The Balaban J connectivity index is 1.65. The Morgan fingerprint density at radius 1 is 0.750 bits per heavy atom. The molecule has 0 aliphatic carbocycles. The van der Waals surface area contributed by atoms with E-state index in [4.69, 9.17) is 9.47 Å². The van der Waals surface area contributed by atoms with Gasteiger partial charge in [0, 0.05) is 11.1 Å². The van der Waals surface area contributed by atoms with Crippen molar-refractivity contribution in [3.05, 3.63) is 83.8 Å². The summed E-state index contributed by atoms with van der Waals surface area (Å²) in [6, 6.07) is 14.5. The van der Waals surface area contributed by atoms with Gasteiger partial charge in [-0.25, -0.2) is 9.59 Å². The first-order chi connectivity index (χ1) is 13.5. The van der Waals surface area contributed by atoms with Crippen LogP contribution in [0.3, 0.4) is 0 Å². The molecule has 0 saturated heterocycles. The molecule has 0 heterocycles. The molecule has 2 aromatic rings. The van der Waals surface area contributed by atoms with Crippen molar-refractivity contribution in [2.24, 2.45) is 0 Å². The number of hydrogen-bond acceptors (Lipinski definition) is 7. The number of hydrogen-bond donors (Lipinski definition) is 0. The van der Waals surface area contributed by atoms with Gasteiger partial charge in [0.05, 0.1) is 0 Å². The largest absolute Gasteiger partial charge is 0.494 e. The third-order valence-electron chi connectivity index (χ3n) is 3.48. The van der Waals surface area contributed by atoms with Gasteiger partial charge in [-0.1, -0.05) is 60.2 Å². The van der Waals surface area contributed by atoms with Crippen molar-refractivity contribution in [2.45, 2.75) is 6.92 Å². The average Bonchev–Trinajstić information content (AvgIpc) is 2.72. The summed E-state index contributed by atoms with van der Waals surface area (Å²) in [7, 11) is 0. The second-order valence-electron chi connectivity index (χ2n) is 5.57. The van der Waals surface area contributed by atoms with Crippen molar-refractivity contribution in [3.63, 3.8) is 0 Å². The lowest BCUT2D eigenvalue weighted by molar-refractivity contribution is -0.139. The van der Waals surface area contributed by atoms with E-state index in [1.807, 2.05) is 6.92 Å². The second kappa shape index (κ2) is 10.4. The minimum absolute atomic E-state index is 0.0619. The molecule has 0 aromatic heterocycles. The van der Waals surface area contributed by atoms with Gasteiger partial charge in [0.2, 0.25) is 0 Å². The van der Waals surface area contributed by atoms with Gasteiger partial charge >= 0.3 is 11.9 Å². The predicted octanol–water partition coefficient (Wildman–Crippen LogP) is 2.63. The summed E-state index contributed by atoms with van der Waals surface area (Å²) in [6.45, 7) is 1.64. The zero-order chi connectivity index (χ0) is 20.4. The Labute approximate surface area is 161 Å². The third kappa shape index (κ3) is 6.21. The summed E-state index contributed by atoms with van der Waals surface area (Å²) in [5.74, 6) is -3.57. The van der Waals surface area contributed by atoms with Crippen LogP contribution in [-0.4, -0.2) is 36.7 Å². The number of benzene rings is 2. The number of rotatable bonds is 9. The standard InChI is InChI=1S/C21H18O7/c1-15-7-9-17(10-8-15)19(23)21(25)28-14-12-26-11-13-27-20(24)18(22)16-5-3-2-4-6-16/h2-11,13H,12,14H2,1H3/b13-11-. The van der Waals surface area contributed by atoms with Crippen molar-refractivity contribution in [1.29, 1.82) is 0 Å². The van der Waals surface area contributed by atoms with Crippen molar-refractivity contribution in [2.75, 3.05) is 13.2 Å². The summed E-state index contributed by atoms with van der Waals surface area (Å²) < 4.78 is 14.4. The molecule has 0 N–H and O–H groups in total. The highest BCUT2D eigenvalue weighted by Gasteiger charge is 2.18. The van der Waals surface area contributed by atoms with Crippen LogP contribution in [0.4, 0.5) is 0 Å². The highest BCUT2D eigenvalue weighted by Crippen LogP contribution is 2.05. The fourth-order valence-corrected chi connectivity index (χ4v) is 2.03. The zero-order valence-corrected chi connectivity index (χ0v) is 15.1. The quantitative estimate of drug-likeness (QED) is 0.216. The lowest BCUT2D eigenvalue weighted by atomic mass is 10.1. The summed E-state index contributed by atoms with van der Waals surface area (Å²) in [5.41, 5.74) is 1.43. The maximum absolute atomic E-state index is 11.9. The first-order valence-corrected chi connectivity index (χ1v) is 8.34. The maximum Gasteiger partial charge on any atom is 0.384 e. The van der Waals surface area contributed by atoms with Crippen LogP contribution in [0.1, 0.15) is 26.3 Å². The molecule has 2 aromatic carbocycles. The molecule has 0 unspecified atom stereocenters. The fraction of sp³-hybridized carbons (Fsp3) is 0.143. The van der Waals surface area contributed by atoms with Gasteiger partial charge in [-0.05, 0) is 6.92 Å². The minimum Gasteiger partial charge on any atom is -0.494 e.